The number of benzene rings is 1. The lowest BCUT2D eigenvalue weighted by molar-refractivity contribution is -0.116. The van der Waals surface area contributed by atoms with Crippen molar-refractivity contribution in [3.8, 4) is 0 Å². The van der Waals surface area contributed by atoms with Crippen molar-refractivity contribution < 1.29 is 14.7 Å². The Morgan fingerprint density at radius 2 is 2.05 bits per heavy atom. The monoisotopic (exact) mass is 285 g/mol. The van der Waals surface area contributed by atoms with Crippen LogP contribution in [0.15, 0.2) is 42.7 Å². The van der Waals surface area contributed by atoms with Crippen molar-refractivity contribution in [2.45, 2.75) is 12.8 Å². The first-order valence-electron chi connectivity index (χ1n) is 6.37. The van der Waals surface area contributed by atoms with E-state index in [1.165, 1.54) is 18.5 Å². The molecule has 6 heteroatoms. The van der Waals surface area contributed by atoms with Crippen LogP contribution in [0.3, 0.4) is 0 Å². The molecule has 2 rings (SSSR count). The smallest absolute Gasteiger partial charge is 0.337 e. The third kappa shape index (κ3) is 4.31. The van der Waals surface area contributed by atoms with Gasteiger partial charge < -0.3 is 16.2 Å². The minimum atomic E-state index is -1.08. The molecule has 108 valence electrons. The standard InChI is InChI=1S/C15H15N3O3/c16-12-3-1-2-10(6-12)4-5-14(19)18-13-7-11(15(20)21)8-17-9-13/h1-3,6-9H,4-5,16H2,(H,18,19)(H,20,21). The van der Waals surface area contributed by atoms with Gasteiger partial charge in [0.1, 0.15) is 0 Å². The number of carboxylic acids is 1. The molecule has 0 radical (unpaired) electrons. The molecule has 1 amide bonds. The first-order chi connectivity index (χ1) is 10.0. The number of rotatable bonds is 5. The molecule has 0 saturated heterocycles. The molecule has 21 heavy (non-hydrogen) atoms. The Bertz CT molecular complexity index is 671. The molecule has 0 spiro atoms. The number of pyridine rings is 1. The third-order valence-corrected chi connectivity index (χ3v) is 2.86. The fraction of sp³-hybridized carbons (Fsp3) is 0.133. The number of carbonyl (C=O) groups is 2. The van der Waals surface area contributed by atoms with Gasteiger partial charge in [-0.1, -0.05) is 12.1 Å². The highest BCUT2D eigenvalue weighted by molar-refractivity contribution is 5.93. The predicted octanol–water partition coefficient (Wildman–Crippen LogP) is 1.93. The van der Waals surface area contributed by atoms with Gasteiger partial charge in [0.2, 0.25) is 5.91 Å². The predicted molar refractivity (Wildman–Crippen MR) is 79.0 cm³/mol. The van der Waals surface area contributed by atoms with Crippen molar-refractivity contribution in [3.63, 3.8) is 0 Å². The quantitative estimate of drug-likeness (QED) is 0.728. The molecule has 1 heterocycles. The minimum absolute atomic E-state index is 0.0311. The van der Waals surface area contributed by atoms with E-state index in [4.69, 9.17) is 10.8 Å². The van der Waals surface area contributed by atoms with Crippen LogP contribution in [-0.4, -0.2) is 22.0 Å². The average Bonchev–Trinajstić information content (AvgIpc) is 2.45. The van der Waals surface area contributed by atoms with E-state index < -0.39 is 5.97 Å². The summed E-state index contributed by atoms with van der Waals surface area (Å²) in [6.07, 6.45) is 3.47. The van der Waals surface area contributed by atoms with E-state index >= 15 is 0 Å². The molecular weight excluding hydrogens is 270 g/mol. The molecule has 0 aliphatic rings. The molecule has 1 aromatic heterocycles. The van der Waals surface area contributed by atoms with Gasteiger partial charge in [-0.25, -0.2) is 4.79 Å². The normalized spacial score (nSPS) is 10.1. The SMILES string of the molecule is Nc1cccc(CCC(=O)Nc2cncc(C(=O)O)c2)c1. The highest BCUT2D eigenvalue weighted by Gasteiger charge is 2.07. The van der Waals surface area contributed by atoms with Crippen LogP contribution in [0.5, 0.6) is 0 Å². The first-order valence-corrected chi connectivity index (χ1v) is 6.37. The lowest BCUT2D eigenvalue weighted by Gasteiger charge is -2.06. The van der Waals surface area contributed by atoms with Gasteiger partial charge in [-0.05, 0) is 30.2 Å². The van der Waals surface area contributed by atoms with Gasteiger partial charge in [0.25, 0.3) is 0 Å². The number of amides is 1. The van der Waals surface area contributed by atoms with E-state index in [9.17, 15) is 9.59 Å². The van der Waals surface area contributed by atoms with E-state index in [-0.39, 0.29) is 17.9 Å². The number of nitrogen functional groups attached to an aromatic ring is 1. The van der Waals surface area contributed by atoms with Crippen LogP contribution in [0.1, 0.15) is 22.3 Å². The number of carboxylic acid groups (broad SMARTS) is 1. The zero-order chi connectivity index (χ0) is 15.2. The highest BCUT2D eigenvalue weighted by Crippen LogP contribution is 2.11. The van der Waals surface area contributed by atoms with Crippen LogP contribution in [0, 0.1) is 0 Å². The molecule has 0 atom stereocenters. The van der Waals surface area contributed by atoms with Crippen LogP contribution in [0.25, 0.3) is 0 Å². The summed E-state index contributed by atoms with van der Waals surface area (Å²) in [5.41, 5.74) is 7.70. The van der Waals surface area contributed by atoms with Gasteiger partial charge >= 0.3 is 5.97 Å². The van der Waals surface area contributed by atoms with Gasteiger partial charge in [0.05, 0.1) is 17.4 Å². The number of nitrogens with zero attached hydrogens (tertiary/aromatic N) is 1. The fourth-order valence-electron chi connectivity index (χ4n) is 1.86. The molecule has 6 nitrogen and oxygen atoms in total. The molecular formula is C15H15N3O3. The molecule has 0 bridgehead atoms. The van der Waals surface area contributed by atoms with Gasteiger partial charge in [-0.3, -0.25) is 9.78 Å². The molecule has 4 N–H and O–H groups in total. The lowest BCUT2D eigenvalue weighted by Crippen LogP contribution is -2.13. The van der Waals surface area contributed by atoms with Crippen LogP contribution in [-0.2, 0) is 11.2 Å². The number of carbonyl (C=O) groups excluding carboxylic acids is 1. The lowest BCUT2D eigenvalue weighted by atomic mass is 10.1. The van der Waals surface area contributed by atoms with Crippen molar-refractivity contribution in [3.05, 3.63) is 53.9 Å². The van der Waals surface area contributed by atoms with Crippen molar-refractivity contribution in [1.82, 2.24) is 4.98 Å². The van der Waals surface area contributed by atoms with E-state index in [2.05, 4.69) is 10.3 Å². The summed E-state index contributed by atoms with van der Waals surface area (Å²) >= 11 is 0. The van der Waals surface area contributed by atoms with Crippen molar-refractivity contribution in [2.75, 3.05) is 11.1 Å². The summed E-state index contributed by atoms with van der Waals surface area (Å²) in [4.78, 5) is 26.4. The molecule has 0 aliphatic carbocycles. The van der Waals surface area contributed by atoms with E-state index in [0.29, 0.717) is 17.8 Å². The van der Waals surface area contributed by atoms with Gasteiger partial charge in [-0.2, -0.15) is 0 Å². The first kappa shape index (κ1) is 14.5. The minimum Gasteiger partial charge on any atom is -0.478 e. The number of hydrogen-bond donors (Lipinski definition) is 3. The van der Waals surface area contributed by atoms with E-state index in [0.717, 1.165) is 5.56 Å². The third-order valence-electron chi connectivity index (χ3n) is 2.86. The summed E-state index contributed by atoms with van der Waals surface area (Å²) in [5.74, 6) is -1.29. The number of aromatic nitrogens is 1. The summed E-state index contributed by atoms with van der Waals surface area (Å²) in [7, 11) is 0. The number of nitrogens with two attached hydrogens (primary N) is 1. The van der Waals surface area contributed by atoms with E-state index in [1.807, 2.05) is 18.2 Å². The molecule has 0 saturated carbocycles. The summed E-state index contributed by atoms with van der Waals surface area (Å²) in [5, 5.41) is 11.5. The van der Waals surface area contributed by atoms with Gasteiger partial charge in [-0.15, -0.1) is 0 Å². The maximum absolute atomic E-state index is 11.8. The zero-order valence-corrected chi connectivity index (χ0v) is 11.2. The van der Waals surface area contributed by atoms with Crippen molar-refractivity contribution in [1.29, 1.82) is 0 Å². The van der Waals surface area contributed by atoms with Crippen molar-refractivity contribution in [2.24, 2.45) is 0 Å². The second-order valence-electron chi connectivity index (χ2n) is 4.56. The highest BCUT2D eigenvalue weighted by atomic mass is 16.4. The number of hydrogen-bond acceptors (Lipinski definition) is 4. The number of anilines is 2. The maximum Gasteiger partial charge on any atom is 0.337 e. The summed E-state index contributed by atoms with van der Waals surface area (Å²) < 4.78 is 0. The van der Waals surface area contributed by atoms with Crippen LogP contribution < -0.4 is 11.1 Å². The summed E-state index contributed by atoms with van der Waals surface area (Å²) in [6.45, 7) is 0. The largest absolute Gasteiger partial charge is 0.478 e. The number of nitrogens with one attached hydrogen (secondary N) is 1. The van der Waals surface area contributed by atoms with Crippen molar-refractivity contribution >= 4 is 23.3 Å². The average molecular weight is 285 g/mol. The zero-order valence-electron chi connectivity index (χ0n) is 11.2. The molecule has 0 unspecified atom stereocenters. The van der Waals surface area contributed by atoms with E-state index in [1.54, 1.807) is 6.07 Å². The Labute approximate surface area is 121 Å². The van der Waals surface area contributed by atoms with Crippen LogP contribution in [0.2, 0.25) is 0 Å². The van der Waals surface area contributed by atoms with Crippen LogP contribution in [0.4, 0.5) is 11.4 Å². The topological polar surface area (TPSA) is 105 Å². The maximum atomic E-state index is 11.8. The number of aryl methyl sites for hydroxylation is 1. The Hall–Kier alpha value is -2.89. The number of aromatic carboxylic acids is 1. The van der Waals surface area contributed by atoms with Gasteiger partial charge in [0.15, 0.2) is 0 Å². The fourth-order valence-corrected chi connectivity index (χ4v) is 1.86. The molecule has 0 aliphatic heterocycles. The molecule has 0 fully saturated rings. The Balaban J connectivity index is 1.93. The Kier molecular flexibility index (Phi) is 4.50. The summed E-state index contributed by atoms with van der Waals surface area (Å²) in [6, 6.07) is 8.71. The molecule has 1 aromatic carbocycles. The molecule has 2 aromatic rings. The Morgan fingerprint density at radius 1 is 1.24 bits per heavy atom. The second-order valence-corrected chi connectivity index (χ2v) is 4.56. The van der Waals surface area contributed by atoms with Gasteiger partial charge in [0, 0.05) is 18.3 Å². The second kappa shape index (κ2) is 6.51. The Morgan fingerprint density at radius 3 is 2.76 bits per heavy atom. The van der Waals surface area contributed by atoms with Crippen LogP contribution >= 0.6 is 0 Å².